The summed E-state index contributed by atoms with van der Waals surface area (Å²) in [5.74, 6) is -0.967. The molecule has 2 aromatic rings. The van der Waals surface area contributed by atoms with Crippen molar-refractivity contribution >= 4 is 17.7 Å². The van der Waals surface area contributed by atoms with Crippen LogP contribution >= 0.6 is 0 Å². The number of rotatable bonds is 3. The molecule has 0 saturated heterocycles. The molecule has 1 amide bonds. The largest absolute Gasteiger partial charge is 0.478 e. The first-order chi connectivity index (χ1) is 12.7. The van der Waals surface area contributed by atoms with Crippen LogP contribution in [0, 0.1) is 0 Å². The third-order valence-corrected chi connectivity index (χ3v) is 4.35. The van der Waals surface area contributed by atoms with Crippen molar-refractivity contribution < 1.29 is 19.4 Å². The summed E-state index contributed by atoms with van der Waals surface area (Å²) in [5, 5.41) is 15.4. The third-order valence-electron chi connectivity index (χ3n) is 4.35. The van der Waals surface area contributed by atoms with Crippen molar-refractivity contribution in [3.63, 3.8) is 0 Å². The van der Waals surface area contributed by atoms with Crippen molar-refractivity contribution in [2.24, 2.45) is 0 Å². The third kappa shape index (κ3) is 4.46. The summed E-state index contributed by atoms with van der Waals surface area (Å²) in [6.45, 7) is 7.04. The summed E-state index contributed by atoms with van der Waals surface area (Å²) in [6.07, 6.45) is 0.291. The van der Waals surface area contributed by atoms with E-state index >= 15 is 0 Å². The molecule has 2 aromatic carbocycles. The molecule has 0 unspecified atom stereocenters. The van der Waals surface area contributed by atoms with Crippen molar-refractivity contribution in [2.75, 3.05) is 11.9 Å². The Morgan fingerprint density at radius 3 is 2.44 bits per heavy atom. The Balaban J connectivity index is 2.02. The van der Waals surface area contributed by atoms with Crippen LogP contribution in [0.4, 0.5) is 10.5 Å². The normalized spacial score (nSPS) is 13.6. The lowest BCUT2D eigenvalue weighted by Crippen LogP contribution is -2.29. The minimum Gasteiger partial charge on any atom is -0.478 e. The van der Waals surface area contributed by atoms with Crippen molar-refractivity contribution in [3.8, 4) is 11.1 Å². The van der Waals surface area contributed by atoms with Gasteiger partial charge in [0.25, 0.3) is 0 Å². The van der Waals surface area contributed by atoms with Gasteiger partial charge in [0.05, 0.1) is 11.3 Å². The molecule has 0 fully saturated rings. The summed E-state index contributed by atoms with van der Waals surface area (Å²) >= 11 is 0. The molecule has 27 heavy (non-hydrogen) atoms. The standard InChI is InChI=1S/C21H24N2O4/c1-21(2,3)27-20(26)23-18-16(9-8-15-12-22-11-10-17(15)18)13-4-6-14(7-5-13)19(24)25/h4-9,22H,10-12H2,1-3H3,(H,23,26)(H,24,25). The fourth-order valence-corrected chi connectivity index (χ4v) is 3.16. The van der Waals surface area contributed by atoms with E-state index in [-0.39, 0.29) is 5.56 Å². The minimum atomic E-state index is -0.967. The maximum atomic E-state index is 12.4. The number of aromatic carboxylic acids is 1. The number of fused-ring (bicyclic) bond motifs is 1. The molecule has 3 rings (SSSR count). The van der Waals surface area contributed by atoms with Crippen molar-refractivity contribution in [1.29, 1.82) is 0 Å². The number of anilines is 1. The Morgan fingerprint density at radius 2 is 1.81 bits per heavy atom. The second-order valence-corrected chi connectivity index (χ2v) is 7.56. The molecule has 1 heterocycles. The first-order valence-electron chi connectivity index (χ1n) is 8.94. The number of hydrogen-bond acceptors (Lipinski definition) is 4. The van der Waals surface area contributed by atoms with Gasteiger partial charge >= 0.3 is 12.1 Å². The lowest BCUT2D eigenvalue weighted by atomic mass is 9.92. The van der Waals surface area contributed by atoms with Crippen molar-refractivity contribution in [3.05, 3.63) is 53.1 Å². The summed E-state index contributed by atoms with van der Waals surface area (Å²) in [6, 6.07) is 10.6. The van der Waals surface area contributed by atoms with Crippen LogP contribution in [0.5, 0.6) is 0 Å². The van der Waals surface area contributed by atoms with E-state index in [0.717, 1.165) is 47.5 Å². The van der Waals surface area contributed by atoms with Crippen LogP contribution in [-0.4, -0.2) is 29.3 Å². The molecule has 0 radical (unpaired) electrons. The average molecular weight is 368 g/mol. The molecule has 3 N–H and O–H groups in total. The first-order valence-corrected chi connectivity index (χ1v) is 8.94. The molecular formula is C21H24N2O4. The van der Waals surface area contributed by atoms with Gasteiger partial charge in [-0.15, -0.1) is 0 Å². The summed E-state index contributed by atoms with van der Waals surface area (Å²) in [7, 11) is 0. The summed E-state index contributed by atoms with van der Waals surface area (Å²) < 4.78 is 5.43. The van der Waals surface area contributed by atoms with Crippen LogP contribution in [0.2, 0.25) is 0 Å². The van der Waals surface area contributed by atoms with Gasteiger partial charge < -0.3 is 15.2 Å². The van der Waals surface area contributed by atoms with Gasteiger partial charge in [0.1, 0.15) is 5.60 Å². The smallest absolute Gasteiger partial charge is 0.412 e. The molecule has 0 bridgehead atoms. The Morgan fingerprint density at radius 1 is 1.11 bits per heavy atom. The lowest BCUT2D eigenvalue weighted by molar-refractivity contribution is 0.0634. The molecule has 0 saturated carbocycles. The molecular weight excluding hydrogens is 344 g/mol. The zero-order chi connectivity index (χ0) is 19.6. The number of nitrogens with one attached hydrogen (secondary N) is 2. The van der Waals surface area contributed by atoms with Gasteiger partial charge in [-0.3, -0.25) is 5.32 Å². The average Bonchev–Trinajstić information content (AvgIpc) is 2.60. The number of carbonyl (C=O) groups excluding carboxylic acids is 1. The van der Waals surface area contributed by atoms with Crippen LogP contribution in [0.3, 0.4) is 0 Å². The van der Waals surface area contributed by atoms with Gasteiger partial charge in [0, 0.05) is 12.1 Å². The van der Waals surface area contributed by atoms with Gasteiger partial charge in [-0.05, 0) is 62.6 Å². The van der Waals surface area contributed by atoms with Gasteiger partial charge in [0.2, 0.25) is 0 Å². The van der Waals surface area contributed by atoms with Crippen LogP contribution in [0.15, 0.2) is 36.4 Å². The SMILES string of the molecule is CC(C)(C)OC(=O)Nc1c(-c2ccc(C(=O)O)cc2)ccc2c1CCNC2. The minimum absolute atomic E-state index is 0.225. The Hall–Kier alpha value is -2.86. The molecule has 1 aliphatic heterocycles. The number of benzene rings is 2. The molecule has 6 heteroatoms. The maximum Gasteiger partial charge on any atom is 0.412 e. The Kier molecular flexibility index (Phi) is 5.19. The van der Waals surface area contributed by atoms with E-state index in [0.29, 0.717) is 0 Å². The highest BCUT2D eigenvalue weighted by Gasteiger charge is 2.22. The van der Waals surface area contributed by atoms with E-state index in [4.69, 9.17) is 9.84 Å². The van der Waals surface area contributed by atoms with Crippen LogP contribution in [-0.2, 0) is 17.7 Å². The predicted octanol–water partition coefficient (Wildman–Crippen LogP) is 4.04. The van der Waals surface area contributed by atoms with Crippen LogP contribution < -0.4 is 10.6 Å². The van der Waals surface area contributed by atoms with Gasteiger partial charge in [-0.2, -0.15) is 0 Å². The molecule has 0 spiro atoms. The molecule has 142 valence electrons. The molecule has 0 aromatic heterocycles. The molecule has 0 aliphatic carbocycles. The van der Waals surface area contributed by atoms with Crippen LogP contribution in [0.1, 0.15) is 42.3 Å². The highest BCUT2D eigenvalue weighted by molar-refractivity contribution is 5.94. The van der Waals surface area contributed by atoms with Gasteiger partial charge in [0.15, 0.2) is 0 Å². The number of amides is 1. The second kappa shape index (κ2) is 7.40. The monoisotopic (exact) mass is 368 g/mol. The van der Waals surface area contributed by atoms with E-state index in [2.05, 4.69) is 10.6 Å². The van der Waals surface area contributed by atoms with E-state index in [1.807, 2.05) is 32.9 Å². The van der Waals surface area contributed by atoms with E-state index < -0.39 is 17.7 Å². The Bertz CT molecular complexity index is 867. The van der Waals surface area contributed by atoms with Gasteiger partial charge in [-0.25, -0.2) is 9.59 Å². The topological polar surface area (TPSA) is 87.7 Å². The van der Waals surface area contributed by atoms with Crippen molar-refractivity contribution in [1.82, 2.24) is 5.32 Å². The predicted molar refractivity (Wildman–Crippen MR) is 104 cm³/mol. The fourth-order valence-electron chi connectivity index (χ4n) is 3.16. The Labute approximate surface area is 158 Å². The molecule has 0 atom stereocenters. The van der Waals surface area contributed by atoms with E-state index in [1.165, 1.54) is 0 Å². The van der Waals surface area contributed by atoms with E-state index in [1.54, 1.807) is 24.3 Å². The quantitative estimate of drug-likeness (QED) is 0.761. The number of hydrogen-bond donors (Lipinski definition) is 3. The number of carboxylic acid groups (broad SMARTS) is 1. The fraction of sp³-hybridized carbons (Fsp3) is 0.333. The first kappa shape index (κ1) is 18.9. The van der Waals surface area contributed by atoms with Crippen LogP contribution in [0.25, 0.3) is 11.1 Å². The zero-order valence-electron chi connectivity index (χ0n) is 15.8. The number of carboxylic acids is 1. The highest BCUT2D eigenvalue weighted by Crippen LogP contribution is 2.35. The zero-order valence-corrected chi connectivity index (χ0v) is 15.8. The molecule has 6 nitrogen and oxygen atoms in total. The molecule has 1 aliphatic rings. The summed E-state index contributed by atoms with van der Waals surface area (Å²) in [4.78, 5) is 23.5. The van der Waals surface area contributed by atoms with Crippen molar-refractivity contribution in [2.45, 2.75) is 39.3 Å². The van der Waals surface area contributed by atoms with E-state index in [9.17, 15) is 9.59 Å². The number of carbonyl (C=O) groups is 2. The second-order valence-electron chi connectivity index (χ2n) is 7.56. The maximum absolute atomic E-state index is 12.4. The highest BCUT2D eigenvalue weighted by atomic mass is 16.6. The summed E-state index contributed by atoms with van der Waals surface area (Å²) in [5.41, 5.74) is 4.27. The number of ether oxygens (including phenoxy) is 1. The van der Waals surface area contributed by atoms with Gasteiger partial charge in [-0.1, -0.05) is 24.3 Å². The lowest BCUT2D eigenvalue weighted by Gasteiger charge is -2.25.